The van der Waals surface area contributed by atoms with E-state index in [-0.39, 0.29) is 0 Å². The molecule has 0 amide bonds. The summed E-state index contributed by atoms with van der Waals surface area (Å²) in [5.74, 6) is 1.16. The molecule has 1 unspecified atom stereocenters. The van der Waals surface area contributed by atoms with E-state index in [9.17, 15) is 5.11 Å². The maximum absolute atomic E-state index is 11.1. The van der Waals surface area contributed by atoms with E-state index in [1.807, 2.05) is 30.3 Å². The first kappa shape index (κ1) is 14.5. The molecule has 106 valence electrons. The Morgan fingerprint density at radius 1 is 1.16 bits per heavy atom. The van der Waals surface area contributed by atoms with E-state index in [0.717, 1.165) is 24.3 Å². The maximum atomic E-state index is 11.1. The van der Waals surface area contributed by atoms with Crippen LogP contribution in [0.15, 0.2) is 30.3 Å². The fourth-order valence-corrected chi connectivity index (χ4v) is 3.43. The lowest BCUT2D eigenvalue weighted by Gasteiger charge is -2.40. The van der Waals surface area contributed by atoms with Gasteiger partial charge in [-0.1, -0.05) is 56.5 Å². The van der Waals surface area contributed by atoms with Crippen LogP contribution in [0.25, 0.3) is 0 Å². The Kier molecular flexibility index (Phi) is 5.00. The van der Waals surface area contributed by atoms with E-state index in [1.165, 1.54) is 19.3 Å². The van der Waals surface area contributed by atoms with Crippen LogP contribution in [0.2, 0.25) is 0 Å². The van der Waals surface area contributed by atoms with Gasteiger partial charge in [0.2, 0.25) is 0 Å². The molecule has 1 aromatic carbocycles. The summed E-state index contributed by atoms with van der Waals surface area (Å²) in [7, 11) is 1.67. The van der Waals surface area contributed by atoms with Crippen molar-refractivity contribution in [1.82, 2.24) is 0 Å². The van der Waals surface area contributed by atoms with Crippen molar-refractivity contribution >= 4 is 0 Å². The summed E-state index contributed by atoms with van der Waals surface area (Å²) in [6, 6.07) is 10.0. The SMILES string of the molecule is CCC1CCC(C(O)(COC)c2ccccc2)CC1. The van der Waals surface area contributed by atoms with Gasteiger partial charge in [0.15, 0.2) is 0 Å². The van der Waals surface area contributed by atoms with E-state index >= 15 is 0 Å². The smallest absolute Gasteiger partial charge is 0.116 e. The van der Waals surface area contributed by atoms with Crippen molar-refractivity contribution in [1.29, 1.82) is 0 Å². The first-order valence-corrected chi connectivity index (χ1v) is 7.47. The second-order valence-electron chi connectivity index (χ2n) is 5.85. The zero-order valence-electron chi connectivity index (χ0n) is 12.1. The molecule has 2 rings (SSSR count). The number of hydrogen-bond acceptors (Lipinski definition) is 2. The van der Waals surface area contributed by atoms with Crippen LogP contribution in [0.4, 0.5) is 0 Å². The zero-order chi connectivity index (χ0) is 13.7. The van der Waals surface area contributed by atoms with Gasteiger partial charge in [-0.3, -0.25) is 0 Å². The summed E-state index contributed by atoms with van der Waals surface area (Å²) in [6.07, 6.45) is 5.95. The van der Waals surface area contributed by atoms with Crippen molar-refractivity contribution in [2.75, 3.05) is 13.7 Å². The first-order chi connectivity index (χ1) is 9.20. The quantitative estimate of drug-likeness (QED) is 0.876. The summed E-state index contributed by atoms with van der Waals surface area (Å²) in [5, 5.41) is 11.1. The summed E-state index contributed by atoms with van der Waals surface area (Å²) < 4.78 is 5.32. The minimum atomic E-state index is -0.825. The van der Waals surface area contributed by atoms with Gasteiger partial charge in [-0.2, -0.15) is 0 Å². The molecule has 0 saturated heterocycles. The molecule has 2 nitrogen and oxygen atoms in total. The number of rotatable bonds is 5. The van der Waals surface area contributed by atoms with Gasteiger partial charge in [0.05, 0.1) is 6.61 Å². The predicted molar refractivity (Wildman–Crippen MR) is 78.0 cm³/mol. The lowest BCUT2D eigenvalue weighted by Crippen LogP contribution is -2.41. The van der Waals surface area contributed by atoms with Crippen LogP contribution in [0.3, 0.4) is 0 Å². The second kappa shape index (κ2) is 6.53. The van der Waals surface area contributed by atoms with Crippen molar-refractivity contribution in [2.24, 2.45) is 11.8 Å². The van der Waals surface area contributed by atoms with E-state index < -0.39 is 5.60 Å². The molecule has 1 aromatic rings. The molecule has 0 bridgehead atoms. The third-order valence-electron chi connectivity index (χ3n) is 4.74. The summed E-state index contributed by atoms with van der Waals surface area (Å²) >= 11 is 0. The Morgan fingerprint density at radius 3 is 2.32 bits per heavy atom. The summed E-state index contributed by atoms with van der Waals surface area (Å²) in [5.41, 5.74) is 0.172. The van der Waals surface area contributed by atoms with Gasteiger partial charge in [-0.25, -0.2) is 0 Å². The third-order valence-corrected chi connectivity index (χ3v) is 4.74. The van der Waals surface area contributed by atoms with Gasteiger partial charge in [0.25, 0.3) is 0 Å². The minimum Gasteiger partial charge on any atom is -0.382 e. The van der Waals surface area contributed by atoms with Crippen LogP contribution >= 0.6 is 0 Å². The molecule has 0 heterocycles. The third kappa shape index (κ3) is 3.18. The molecule has 1 fully saturated rings. The molecule has 1 aliphatic rings. The van der Waals surface area contributed by atoms with E-state index in [2.05, 4.69) is 6.92 Å². The molecule has 1 N–H and O–H groups in total. The lowest BCUT2D eigenvalue weighted by molar-refractivity contribution is -0.0933. The van der Waals surface area contributed by atoms with Gasteiger partial charge in [0, 0.05) is 7.11 Å². The molecule has 1 aliphatic carbocycles. The Hall–Kier alpha value is -0.860. The van der Waals surface area contributed by atoms with Gasteiger partial charge >= 0.3 is 0 Å². The van der Waals surface area contributed by atoms with Crippen LogP contribution in [0.1, 0.15) is 44.6 Å². The number of methoxy groups -OCH3 is 1. The molecule has 0 radical (unpaired) electrons. The zero-order valence-corrected chi connectivity index (χ0v) is 12.1. The van der Waals surface area contributed by atoms with Gasteiger partial charge in [-0.05, 0) is 30.2 Å². The highest BCUT2D eigenvalue weighted by molar-refractivity contribution is 5.23. The molecule has 2 heteroatoms. The Bertz CT molecular complexity index is 368. The second-order valence-corrected chi connectivity index (χ2v) is 5.85. The van der Waals surface area contributed by atoms with Crippen molar-refractivity contribution in [2.45, 2.75) is 44.6 Å². The van der Waals surface area contributed by atoms with E-state index in [1.54, 1.807) is 7.11 Å². The topological polar surface area (TPSA) is 29.5 Å². The number of benzene rings is 1. The van der Waals surface area contributed by atoms with Gasteiger partial charge in [0.1, 0.15) is 5.60 Å². The van der Waals surface area contributed by atoms with Gasteiger partial charge in [-0.15, -0.1) is 0 Å². The highest BCUT2D eigenvalue weighted by Gasteiger charge is 2.40. The number of hydrogen-bond donors (Lipinski definition) is 1. The minimum absolute atomic E-state index is 0.317. The fraction of sp³-hybridized carbons (Fsp3) is 0.647. The Morgan fingerprint density at radius 2 is 1.79 bits per heavy atom. The standard InChI is InChI=1S/C17H26O2/c1-3-14-9-11-16(12-10-14)17(18,13-19-2)15-7-5-4-6-8-15/h4-8,14,16,18H,3,9-13H2,1-2H3. The Labute approximate surface area is 116 Å². The van der Waals surface area contributed by atoms with Crippen molar-refractivity contribution < 1.29 is 9.84 Å². The molecule has 0 aliphatic heterocycles. The lowest BCUT2D eigenvalue weighted by atomic mass is 9.70. The molecule has 1 saturated carbocycles. The van der Waals surface area contributed by atoms with Crippen LogP contribution in [0, 0.1) is 11.8 Å². The highest BCUT2D eigenvalue weighted by atomic mass is 16.5. The van der Waals surface area contributed by atoms with Crippen LogP contribution in [0.5, 0.6) is 0 Å². The van der Waals surface area contributed by atoms with E-state index in [4.69, 9.17) is 4.74 Å². The fourth-order valence-electron chi connectivity index (χ4n) is 3.43. The largest absolute Gasteiger partial charge is 0.382 e. The molecular formula is C17H26O2. The van der Waals surface area contributed by atoms with E-state index in [0.29, 0.717) is 12.5 Å². The van der Waals surface area contributed by atoms with Crippen molar-refractivity contribution in [3.05, 3.63) is 35.9 Å². The molecular weight excluding hydrogens is 236 g/mol. The van der Waals surface area contributed by atoms with Crippen LogP contribution in [-0.2, 0) is 10.3 Å². The molecule has 0 spiro atoms. The average Bonchev–Trinajstić information content (AvgIpc) is 2.48. The monoisotopic (exact) mass is 262 g/mol. The van der Waals surface area contributed by atoms with Crippen molar-refractivity contribution in [3.8, 4) is 0 Å². The van der Waals surface area contributed by atoms with Crippen LogP contribution in [-0.4, -0.2) is 18.8 Å². The van der Waals surface area contributed by atoms with Crippen LogP contribution < -0.4 is 0 Å². The summed E-state index contributed by atoms with van der Waals surface area (Å²) in [4.78, 5) is 0. The van der Waals surface area contributed by atoms with Crippen molar-refractivity contribution in [3.63, 3.8) is 0 Å². The number of ether oxygens (including phenoxy) is 1. The maximum Gasteiger partial charge on any atom is 0.116 e. The average molecular weight is 262 g/mol. The predicted octanol–water partition coefficient (Wildman–Crippen LogP) is 3.74. The Balaban J connectivity index is 2.16. The summed E-state index contributed by atoms with van der Waals surface area (Å²) in [6.45, 7) is 2.65. The molecule has 0 aromatic heterocycles. The first-order valence-electron chi connectivity index (χ1n) is 7.47. The van der Waals surface area contributed by atoms with Gasteiger partial charge < -0.3 is 9.84 Å². The normalized spacial score (nSPS) is 26.9. The highest BCUT2D eigenvalue weighted by Crippen LogP contribution is 2.41. The molecule has 19 heavy (non-hydrogen) atoms. The molecule has 1 atom stereocenters. The number of aliphatic hydroxyl groups is 1.